The van der Waals surface area contributed by atoms with Crippen molar-refractivity contribution in [3.63, 3.8) is 0 Å². The summed E-state index contributed by atoms with van der Waals surface area (Å²) in [6, 6.07) is 11.1. The maximum Gasteiger partial charge on any atom is 0.320 e. The van der Waals surface area contributed by atoms with Gasteiger partial charge in [-0.25, -0.2) is 9.97 Å². The summed E-state index contributed by atoms with van der Waals surface area (Å²) >= 11 is 6.21. The van der Waals surface area contributed by atoms with E-state index in [1.807, 2.05) is 30.5 Å². The quantitative estimate of drug-likeness (QED) is 0.333. The number of aliphatic hydroxyl groups is 1. The summed E-state index contributed by atoms with van der Waals surface area (Å²) in [4.78, 5) is 33.0. The van der Waals surface area contributed by atoms with Crippen LogP contribution in [0.25, 0.3) is 28.2 Å². The summed E-state index contributed by atoms with van der Waals surface area (Å²) < 4.78 is 7.76. The number of halogens is 1. The minimum atomic E-state index is -1.11. The van der Waals surface area contributed by atoms with E-state index in [0.29, 0.717) is 65.0 Å². The van der Waals surface area contributed by atoms with E-state index in [1.54, 1.807) is 38.2 Å². The molecule has 0 radical (unpaired) electrons. The van der Waals surface area contributed by atoms with E-state index in [0.717, 1.165) is 11.3 Å². The molecule has 1 aromatic carbocycles. The molecule has 0 spiro atoms. The van der Waals surface area contributed by atoms with Crippen LogP contribution in [0.4, 0.5) is 5.82 Å². The zero-order chi connectivity index (χ0) is 29.5. The first kappa shape index (κ1) is 28.3. The van der Waals surface area contributed by atoms with Gasteiger partial charge in [0.1, 0.15) is 24.2 Å². The van der Waals surface area contributed by atoms with E-state index in [2.05, 4.69) is 16.0 Å². The van der Waals surface area contributed by atoms with Crippen molar-refractivity contribution in [2.75, 3.05) is 24.6 Å². The Morgan fingerprint density at radius 2 is 1.90 bits per heavy atom. The predicted molar refractivity (Wildman–Crippen MR) is 155 cm³/mol. The van der Waals surface area contributed by atoms with Crippen molar-refractivity contribution in [2.45, 2.75) is 46.1 Å². The highest BCUT2D eigenvalue weighted by Gasteiger charge is 2.37. The zero-order valence-electron chi connectivity index (χ0n) is 23.3. The van der Waals surface area contributed by atoms with E-state index in [1.165, 1.54) is 0 Å². The molecule has 4 heterocycles. The Labute approximate surface area is 242 Å². The highest BCUT2D eigenvalue weighted by Crippen LogP contribution is 2.38. The molecular weight excluding hydrogens is 544 g/mol. The average molecular weight is 575 g/mol. The minimum Gasteiger partial charge on any atom is -0.460 e. The molecule has 5 rings (SSSR count). The van der Waals surface area contributed by atoms with Gasteiger partial charge in [0.2, 0.25) is 5.91 Å². The van der Waals surface area contributed by atoms with Gasteiger partial charge in [0, 0.05) is 41.0 Å². The summed E-state index contributed by atoms with van der Waals surface area (Å²) in [6.07, 6.45) is 2.73. The molecule has 11 nitrogen and oxygen atoms in total. The van der Waals surface area contributed by atoms with Crippen LogP contribution in [0.1, 0.15) is 44.9 Å². The van der Waals surface area contributed by atoms with Crippen LogP contribution < -0.4 is 15.4 Å². The van der Waals surface area contributed by atoms with Gasteiger partial charge in [-0.05, 0) is 69.5 Å². The van der Waals surface area contributed by atoms with Gasteiger partial charge in [-0.3, -0.25) is 9.36 Å². The molecule has 41 heavy (non-hydrogen) atoms. The molecule has 1 saturated heterocycles. The Balaban J connectivity index is 1.75. The number of nitrogens with two attached hydrogens (primary N) is 1. The van der Waals surface area contributed by atoms with Gasteiger partial charge in [-0.15, -0.1) is 0 Å². The second-order valence-electron chi connectivity index (χ2n) is 11.3. The Hall–Kier alpha value is -4.27. The number of aromatic nitrogens is 5. The number of carbonyl (C=O) groups is 1. The Bertz CT molecular complexity index is 1660. The number of aryl methyl sites for hydroxylation is 1. The van der Waals surface area contributed by atoms with E-state index < -0.39 is 11.0 Å². The molecule has 1 fully saturated rings. The van der Waals surface area contributed by atoms with E-state index in [-0.39, 0.29) is 18.5 Å². The number of carbonyl (C=O) groups excluding carboxylic acids is 1. The van der Waals surface area contributed by atoms with Gasteiger partial charge in [0.25, 0.3) is 0 Å². The molecule has 12 heteroatoms. The fourth-order valence-electron chi connectivity index (χ4n) is 4.78. The predicted octanol–water partition coefficient (Wildman–Crippen LogP) is 3.95. The molecule has 0 unspecified atom stereocenters. The zero-order valence-corrected chi connectivity index (χ0v) is 24.1. The number of hydrogen-bond donors (Lipinski definition) is 2. The van der Waals surface area contributed by atoms with Crippen LogP contribution in [0.5, 0.6) is 6.01 Å². The molecule has 3 aromatic heterocycles. The minimum absolute atomic E-state index is 0.0295. The monoisotopic (exact) mass is 574 g/mol. The lowest BCUT2D eigenvalue weighted by molar-refractivity contribution is -0.127. The second kappa shape index (κ2) is 10.6. The highest BCUT2D eigenvalue weighted by molar-refractivity contribution is 6.30. The average Bonchev–Trinajstić information content (AvgIpc) is 3.31. The Morgan fingerprint density at radius 3 is 2.49 bits per heavy atom. The molecule has 1 aliphatic heterocycles. The molecule has 1 amide bonds. The summed E-state index contributed by atoms with van der Waals surface area (Å²) in [6.45, 7) is 8.07. The van der Waals surface area contributed by atoms with Crippen molar-refractivity contribution in [1.82, 2.24) is 24.5 Å². The van der Waals surface area contributed by atoms with Gasteiger partial charge in [-0.2, -0.15) is 15.2 Å². The van der Waals surface area contributed by atoms with Crippen molar-refractivity contribution < 1.29 is 14.6 Å². The first-order valence-corrected chi connectivity index (χ1v) is 13.6. The van der Waals surface area contributed by atoms with Crippen molar-refractivity contribution in [1.29, 1.82) is 5.26 Å². The van der Waals surface area contributed by atoms with Crippen molar-refractivity contribution in [2.24, 2.45) is 11.1 Å². The van der Waals surface area contributed by atoms with Gasteiger partial charge in [0.15, 0.2) is 17.0 Å². The number of primary amides is 1. The maximum atomic E-state index is 12.1. The molecule has 3 N–H and O–H groups in total. The number of amides is 1. The first-order valence-electron chi connectivity index (χ1n) is 13.2. The lowest BCUT2D eigenvalue weighted by Gasteiger charge is -2.37. The van der Waals surface area contributed by atoms with E-state index in [4.69, 9.17) is 37.0 Å². The van der Waals surface area contributed by atoms with Gasteiger partial charge in [0.05, 0.1) is 5.60 Å². The number of nitrogens with zero attached hydrogens (tertiary/aromatic N) is 7. The number of hydrogen-bond acceptors (Lipinski definition) is 9. The number of pyridine rings is 1. The van der Waals surface area contributed by atoms with Gasteiger partial charge in [-0.1, -0.05) is 18.5 Å². The number of rotatable bonds is 7. The molecule has 0 aliphatic carbocycles. The number of ether oxygens (including phenoxy) is 1. The van der Waals surface area contributed by atoms with E-state index in [9.17, 15) is 15.2 Å². The Morgan fingerprint density at radius 1 is 1.22 bits per heavy atom. The lowest BCUT2D eigenvalue weighted by Crippen LogP contribution is -2.45. The van der Waals surface area contributed by atoms with Crippen LogP contribution >= 0.6 is 11.6 Å². The summed E-state index contributed by atoms with van der Waals surface area (Å²) in [5.74, 6) is 0.767. The number of anilines is 1. The van der Waals surface area contributed by atoms with Crippen LogP contribution in [-0.4, -0.2) is 60.8 Å². The van der Waals surface area contributed by atoms with Crippen LogP contribution in [0, 0.1) is 23.7 Å². The van der Waals surface area contributed by atoms with Crippen LogP contribution in [-0.2, 0) is 4.79 Å². The van der Waals surface area contributed by atoms with E-state index >= 15 is 0 Å². The van der Waals surface area contributed by atoms with Crippen molar-refractivity contribution >= 4 is 34.5 Å². The van der Waals surface area contributed by atoms with Gasteiger partial charge >= 0.3 is 6.01 Å². The van der Waals surface area contributed by atoms with Crippen LogP contribution in [0.3, 0.4) is 0 Å². The first-order chi connectivity index (χ1) is 19.4. The molecular formula is C29H31ClN8O3. The standard InChI is InChI=1S/C29H31ClN8O3/c1-17-13-19(14-31)33-15-21(17)23-34-22-24(37-11-9-29(4,10-12-37)26(32)39)35-27(41-16-28(2,3)40)36-25(22)38(23)20-7-5-18(30)6-8-20/h5-8,13,15,40H,9-12,16H2,1-4H3,(H2,32,39). The topological polar surface area (TPSA) is 156 Å². The fraction of sp³-hybridized carbons (Fsp3) is 0.379. The molecule has 1 aliphatic rings. The number of piperidine rings is 1. The maximum absolute atomic E-state index is 12.1. The van der Waals surface area contributed by atoms with Gasteiger partial charge < -0.3 is 20.5 Å². The number of nitriles is 1. The van der Waals surface area contributed by atoms with Crippen molar-refractivity contribution in [3.05, 3.63) is 52.8 Å². The number of benzene rings is 1. The second-order valence-corrected chi connectivity index (χ2v) is 11.7. The summed E-state index contributed by atoms with van der Waals surface area (Å²) in [5.41, 5.74) is 7.55. The summed E-state index contributed by atoms with van der Waals surface area (Å²) in [7, 11) is 0. The van der Waals surface area contributed by atoms with Crippen LogP contribution in [0.2, 0.25) is 5.02 Å². The third-order valence-electron chi connectivity index (χ3n) is 7.33. The highest BCUT2D eigenvalue weighted by atomic mass is 35.5. The molecule has 0 atom stereocenters. The third kappa shape index (κ3) is 5.66. The Kier molecular flexibility index (Phi) is 7.32. The number of imidazole rings is 1. The lowest BCUT2D eigenvalue weighted by atomic mass is 9.80. The molecule has 212 valence electrons. The third-order valence-corrected chi connectivity index (χ3v) is 7.59. The normalized spacial score (nSPS) is 15.1. The number of fused-ring (bicyclic) bond motifs is 1. The molecule has 0 saturated carbocycles. The summed E-state index contributed by atoms with van der Waals surface area (Å²) in [5, 5.41) is 20.2. The largest absolute Gasteiger partial charge is 0.460 e. The smallest absolute Gasteiger partial charge is 0.320 e. The SMILES string of the molecule is Cc1cc(C#N)ncc1-c1nc2c(N3CCC(C)(C(N)=O)CC3)nc(OCC(C)(C)O)nc2n1-c1ccc(Cl)cc1. The van der Waals surface area contributed by atoms with Crippen molar-refractivity contribution in [3.8, 4) is 29.2 Å². The fourth-order valence-corrected chi connectivity index (χ4v) is 4.90. The van der Waals surface area contributed by atoms with Crippen LogP contribution in [0.15, 0.2) is 36.5 Å². The molecule has 4 aromatic rings. The molecule has 0 bridgehead atoms.